The molecule has 0 aromatic heterocycles. The number of carbonyl (C=O) groups is 2. The van der Waals surface area contributed by atoms with Crippen LogP contribution in [0.2, 0.25) is 0 Å². The number of primary amides is 2. The Bertz CT molecular complexity index is 3120. The van der Waals surface area contributed by atoms with Gasteiger partial charge < -0.3 is 46.3 Å². The SMILES string of the molecule is NC(=O)CCN(CCC(N)=O)c1ccc(N=Nc2ccc(N=Nc3cc(OCCO)c(N=Nc4c(S(=O)(=O)O)cc5cc(S(=O)(=O)O)cc(O)c5c4O)cc3OCCO)c(S(=O)(=O)O)c2)cc1. The van der Waals surface area contributed by atoms with Crippen LogP contribution in [0.3, 0.4) is 0 Å². The number of aliphatic hydroxyl groups excluding tert-OH is 2. The lowest BCUT2D eigenvalue weighted by Crippen LogP contribution is -2.31. The summed E-state index contributed by atoms with van der Waals surface area (Å²) in [6.45, 7) is -1.49. The highest BCUT2D eigenvalue weighted by atomic mass is 32.2. The monoisotopic (exact) mass is 989 g/mol. The van der Waals surface area contributed by atoms with Crippen LogP contribution in [0, 0.1) is 0 Å². The fraction of sp³-hybridized carbons (Fsp3) is 0.211. The molecule has 0 fully saturated rings. The molecule has 2 amide bonds. The van der Waals surface area contributed by atoms with Crippen LogP contribution in [0.5, 0.6) is 23.0 Å². The van der Waals surface area contributed by atoms with E-state index >= 15 is 0 Å². The summed E-state index contributed by atoms with van der Waals surface area (Å²) in [6, 6.07) is 13.7. The number of nitrogens with two attached hydrogens (primary N) is 2. The second-order valence-electron chi connectivity index (χ2n) is 13.7. The summed E-state index contributed by atoms with van der Waals surface area (Å²) in [6.07, 6.45) is 0.0256. The summed E-state index contributed by atoms with van der Waals surface area (Å²) in [5.74, 6) is -3.72. The fourth-order valence-electron chi connectivity index (χ4n) is 5.89. The Labute approximate surface area is 379 Å². The number of anilines is 1. The lowest BCUT2D eigenvalue weighted by molar-refractivity contribution is -0.118. The van der Waals surface area contributed by atoms with Crippen molar-refractivity contribution in [3.63, 3.8) is 0 Å². The minimum Gasteiger partial charge on any atom is -0.507 e. The first kappa shape index (κ1) is 50.7. The number of rotatable bonds is 22. The number of phenols is 2. The highest BCUT2D eigenvalue weighted by Crippen LogP contribution is 2.47. The summed E-state index contributed by atoms with van der Waals surface area (Å²) in [4.78, 5) is 21.6. The van der Waals surface area contributed by atoms with Crippen LogP contribution >= 0.6 is 0 Å². The molecule has 0 unspecified atom stereocenters. The average Bonchev–Trinajstić information content (AvgIpc) is 3.25. The van der Waals surface area contributed by atoms with E-state index in [1.807, 2.05) is 0 Å². The number of phenolic OH excluding ortho intramolecular Hbond substituents is 2. The largest absolute Gasteiger partial charge is 0.507 e. The number of hydrogen-bond acceptors (Lipinski definition) is 21. The number of aliphatic hydroxyl groups is 2. The van der Waals surface area contributed by atoms with E-state index in [0.717, 1.165) is 24.3 Å². The van der Waals surface area contributed by atoms with E-state index in [-0.39, 0.29) is 61.1 Å². The van der Waals surface area contributed by atoms with Crippen LogP contribution in [-0.2, 0) is 39.9 Å². The minimum absolute atomic E-state index is 0.0128. The molecule has 67 heavy (non-hydrogen) atoms. The molecule has 0 saturated heterocycles. The van der Waals surface area contributed by atoms with Gasteiger partial charge >= 0.3 is 0 Å². The molecule has 0 aliphatic carbocycles. The van der Waals surface area contributed by atoms with E-state index in [1.165, 1.54) is 6.07 Å². The lowest BCUT2D eigenvalue weighted by Gasteiger charge is -2.23. The molecule has 0 atom stereocenters. The van der Waals surface area contributed by atoms with Crippen molar-refractivity contribution in [2.45, 2.75) is 27.5 Å². The van der Waals surface area contributed by atoms with E-state index in [4.69, 9.17) is 20.9 Å². The smallest absolute Gasteiger partial charge is 0.296 e. The quantitative estimate of drug-likeness (QED) is 0.0339. The molecule has 0 radical (unpaired) electrons. The van der Waals surface area contributed by atoms with Gasteiger partial charge in [0.15, 0.2) is 5.75 Å². The van der Waals surface area contributed by atoms with Crippen molar-refractivity contribution in [1.29, 1.82) is 0 Å². The van der Waals surface area contributed by atoms with Gasteiger partial charge in [-0.1, -0.05) is 0 Å². The molecule has 0 aliphatic heterocycles. The summed E-state index contributed by atoms with van der Waals surface area (Å²) < 4.78 is 114. The average molecular weight is 990 g/mol. The van der Waals surface area contributed by atoms with Gasteiger partial charge in [0, 0.05) is 49.8 Å². The van der Waals surface area contributed by atoms with Gasteiger partial charge in [-0.2, -0.15) is 35.5 Å². The Morgan fingerprint density at radius 1 is 0.582 bits per heavy atom. The van der Waals surface area contributed by atoms with E-state index < -0.39 is 110 Å². The van der Waals surface area contributed by atoms with Crippen molar-refractivity contribution in [2.75, 3.05) is 44.4 Å². The van der Waals surface area contributed by atoms with E-state index in [1.54, 1.807) is 29.2 Å². The maximum absolute atomic E-state index is 12.5. The van der Waals surface area contributed by atoms with Crippen molar-refractivity contribution < 1.29 is 78.4 Å². The molecular weight excluding hydrogens is 951 g/mol. The molecule has 5 aromatic rings. The Morgan fingerprint density at radius 3 is 1.60 bits per heavy atom. The first-order chi connectivity index (χ1) is 31.5. The van der Waals surface area contributed by atoms with Crippen LogP contribution < -0.4 is 25.8 Å². The molecule has 0 bridgehead atoms. The van der Waals surface area contributed by atoms with E-state index in [0.29, 0.717) is 29.6 Å². The predicted octanol–water partition coefficient (Wildman–Crippen LogP) is 4.54. The van der Waals surface area contributed by atoms with Gasteiger partial charge in [-0.3, -0.25) is 23.2 Å². The normalized spacial score (nSPS) is 12.4. The van der Waals surface area contributed by atoms with Gasteiger partial charge in [-0.15, -0.1) is 20.5 Å². The zero-order valence-corrected chi connectivity index (χ0v) is 36.8. The number of azo groups is 3. The van der Waals surface area contributed by atoms with Crippen LogP contribution in [0.4, 0.5) is 39.8 Å². The summed E-state index contributed by atoms with van der Waals surface area (Å²) in [7, 11) is -15.2. The number of aromatic hydroxyl groups is 2. The molecule has 0 aliphatic rings. The predicted molar refractivity (Wildman–Crippen MR) is 234 cm³/mol. The number of nitrogens with zero attached hydrogens (tertiary/aromatic N) is 7. The Hall–Kier alpha value is -7.25. The Kier molecular flexibility index (Phi) is 16.2. The Balaban J connectivity index is 1.52. The van der Waals surface area contributed by atoms with E-state index in [2.05, 4.69) is 30.7 Å². The highest BCUT2D eigenvalue weighted by Gasteiger charge is 2.26. The molecule has 29 heteroatoms. The van der Waals surface area contributed by atoms with Gasteiger partial charge in [0.05, 0.1) is 34.9 Å². The molecule has 0 spiro atoms. The third-order valence-corrected chi connectivity index (χ3v) is 11.5. The molecule has 11 N–H and O–H groups in total. The van der Waals surface area contributed by atoms with Gasteiger partial charge in [-0.25, -0.2) is 0 Å². The number of fused-ring (bicyclic) bond motifs is 1. The van der Waals surface area contributed by atoms with Crippen molar-refractivity contribution >= 4 is 92.8 Å². The van der Waals surface area contributed by atoms with Gasteiger partial charge in [0.25, 0.3) is 30.4 Å². The van der Waals surface area contributed by atoms with Crippen molar-refractivity contribution in [3.05, 3.63) is 72.8 Å². The molecule has 5 rings (SSSR count). The zero-order valence-electron chi connectivity index (χ0n) is 34.3. The lowest BCUT2D eigenvalue weighted by atomic mass is 10.1. The zero-order chi connectivity index (χ0) is 49.3. The number of hydrogen-bond donors (Lipinski definition) is 9. The Morgan fingerprint density at radius 2 is 1.09 bits per heavy atom. The summed E-state index contributed by atoms with van der Waals surface area (Å²) in [5, 5.41) is 63.3. The molecule has 356 valence electrons. The molecule has 26 nitrogen and oxygen atoms in total. The fourth-order valence-corrected chi connectivity index (χ4v) is 7.73. The van der Waals surface area contributed by atoms with Crippen molar-refractivity contribution in [1.82, 2.24) is 0 Å². The third-order valence-electron chi connectivity index (χ3n) is 8.91. The highest BCUT2D eigenvalue weighted by molar-refractivity contribution is 7.86. The van der Waals surface area contributed by atoms with Crippen LogP contribution in [0.15, 0.2) is 118 Å². The van der Waals surface area contributed by atoms with Crippen LogP contribution in [0.25, 0.3) is 10.8 Å². The second kappa shape index (κ2) is 21.4. The molecule has 0 saturated carbocycles. The van der Waals surface area contributed by atoms with Crippen LogP contribution in [0.1, 0.15) is 12.8 Å². The summed E-state index contributed by atoms with van der Waals surface area (Å²) >= 11 is 0. The van der Waals surface area contributed by atoms with E-state index in [9.17, 15) is 68.9 Å². The van der Waals surface area contributed by atoms with Gasteiger partial charge in [-0.05, 0) is 60.0 Å². The number of amides is 2. The first-order valence-corrected chi connectivity index (χ1v) is 23.2. The van der Waals surface area contributed by atoms with Crippen molar-refractivity contribution in [2.24, 2.45) is 42.2 Å². The second-order valence-corrected chi connectivity index (χ2v) is 17.9. The molecular formula is C38H39N9O17S3. The third kappa shape index (κ3) is 13.4. The number of ether oxygens (including phenoxy) is 2. The summed E-state index contributed by atoms with van der Waals surface area (Å²) in [5.41, 5.74) is 9.40. The maximum Gasteiger partial charge on any atom is 0.296 e. The first-order valence-electron chi connectivity index (χ1n) is 18.9. The van der Waals surface area contributed by atoms with Gasteiger partial charge in [0.1, 0.15) is 63.0 Å². The number of carbonyl (C=O) groups excluding carboxylic acids is 2. The van der Waals surface area contributed by atoms with Crippen molar-refractivity contribution in [3.8, 4) is 23.0 Å². The van der Waals surface area contributed by atoms with Gasteiger partial charge in [0.2, 0.25) is 11.8 Å². The minimum atomic E-state index is -5.29. The molecule has 0 heterocycles. The standard InChI is InChI=1S/C38H39N9O17S3/c39-34(51)7-9-47(10-8-35(40)52)24-4-1-22(2-5-24)41-42-23-3-6-26(32(17-23)66(57,58)59)43-44-27-19-31(64-14-12-49)28(20-30(27)63-13-11-48)45-46-37-33(67(60,61)62)16-21-15-25(65(54,55)56)18-29(50)36(21)38(37)53/h1-6,15-20,48-50,53H,7-14H2,(H2,39,51)(H2,40,52)(H,54,55,56)(H,57,58,59)(H,60,61,62). The van der Waals surface area contributed by atoms with Crippen LogP contribution in [-0.4, -0.2) is 111 Å². The number of benzene rings is 5. The topological polar surface area (TPSA) is 426 Å². The molecule has 5 aromatic carbocycles. The maximum atomic E-state index is 12.5.